The van der Waals surface area contributed by atoms with Crippen LogP contribution in [0.1, 0.15) is 6.92 Å². The molecule has 0 spiro atoms. The van der Waals surface area contributed by atoms with E-state index in [4.69, 9.17) is 13.3 Å². The van der Waals surface area contributed by atoms with Crippen LogP contribution in [0.2, 0.25) is 0 Å². The molecule has 0 heterocycles. The number of hydrogen-bond acceptors (Lipinski definition) is 1. The van der Waals surface area contributed by atoms with Crippen molar-refractivity contribution in [3.05, 3.63) is 0 Å². The molecule has 0 amide bonds. The molecule has 0 aliphatic rings. The smallest absolute Gasteiger partial charge is 0.284 e. The first-order valence-electron chi connectivity index (χ1n) is 1.55. The fraction of sp³-hybridized carbons (Fsp3) is 1.00. The zero-order chi connectivity index (χ0) is 7.15. The van der Waals surface area contributed by atoms with Crippen LogP contribution >= 0.6 is 31.9 Å². The minimum atomic E-state index is -2.61. The van der Waals surface area contributed by atoms with Crippen molar-refractivity contribution in [3.63, 3.8) is 0 Å². The van der Waals surface area contributed by atoms with E-state index in [1.54, 1.807) is 0 Å². The van der Waals surface area contributed by atoms with Crippen LogP contribution < -0.4 is 0 Å². The van der Waals surface area contributed by atoms with Crippen molar-refractivity contribution in [2.75, 3.05) is 0 Å². The molecule has 0 aliphatic carbocycles. The van der Waals surface area contributed by atoms with Crippen molar-refractivity contribution in [1.29, 1.82) is 0 Å². The topological polar surface area (TPSA) is 57.5 Å². The lowest BCUT2D eigenvalue weighted by Crippen LogP contribution is -1.74. The van der Waals surface area contributed by atoms with Crippen LogP contribution in [0.15, 0.2) is 0 Å². The van der Waals surface area contributed by atoms with Crippen molar-refractivity contribution < 1.29 is 13.3 Å². The van der Waals surface area contributed by atoms with E-state index in [1.165, 1.54) is 0 Å². The lowest BCUT2D eigenvalue weighted by Gasteiger charge is -1.73. The van der Waals surface area contributed by atoms with Gasteiger partial charge in [-0.15, -0.1) is 0 Å². The largest absolute Gasteiger partial charge is 0.299 e. The van der Waals surface area contributed by atoms with Gasteiger partial charge in [0, 0.05) is 0 Å². The molecule has 0 aromatic heterocycles. The Hall–Kier alpha value is 1.03. The second kappa shape index (κ2) is 8.03. The van der Waals surface area contributed by atoms with E-state index in [9.17, 15) is 0 Å². The van der Waals surface area contributed by atoms with Crippen molar-refractivity contribution in [1.82, 2.24) is 0 Å². The standard InChI is InChI=1S/C2H4Br2.H2O3S/c1-2(3)4;1-4(2)3/h2H,1H3;(H2,1,2,3). The molecule has 0 rings (SSSR count). The Kier molecular flexibility index (Phi) is 11.8. The summed E-state index contributed by atoms with van der Waals surface area (Å²) < 4.78 is 23.3. The van der Waals surface area contributed by atoms with Crippen LogP contribution in [-0.2, 0) is 11.4 Å². The normalized spacial score (nSPS) is 8.88. The Morgan fingerprint density at radius 3 is 1.50 bits per heavy atom. The lowest BCUT2D eigenvalue weighted by molar-refractivity contribution is 0.454. The molecule has 0 fully saturated rings. The fourth-order valence-corrected chi connectivity index (χ4v) is 0. The van der Waals surface area contributed by atoms with E-state index in [1.807, 2.05) is 6.92 Å². The molecule has 3 nitrogen and oxygen atoms in total. The summed E-state index contributed by atoms with van der Waals surface area (Å²) in [5.41, 5.74) is 0. The van der Waals surface area contributed by atoms with Crippen molar-refractivity contribution in [2.24, 2.45) is 0 Å². The van der Waals surface area contributed by atoms with Gasteiger partial charge in [0.2, 0.25) is 0 Å². The van der Waals surface area contributed by atoms with Crippen molar-refractivity contribution in [2.45, 2.75) is 10.7 Å². The second-order valence-corrected chi connectivity index (χ2v) is 5.19. The number of alkyl halides is 2. The van der Waals surface area contributed by atoms with Crippen molar-refractivity contribution in [3.8, 4) is 0 Å². The summed E-state index contributed by atoms with van der Waals surface area (Å²) in [5.74, 6) is 0. The highest BCUT2D eigenvalue weighted by Gasteiger charge is 1.74. The molecule has 0 atom stereocenters. The maximum Gasteiger partial charge on any atom is 0.299 e. The number of hydrogen-bond donors (Lipinski definition) is 2. The molecule has 8 heavy (non-hydrogen) atoms. The zero-order valence-electron chi connectivity index (χ0n) is 4.04. The Morgan fingerprint density at radius 1 is 1.50 bits per heavy atom. The molecule has 0 saturated carbocycles. The Balaban J connectivity index is 0. The first-order chi connectivity index (χ1) is 3.46. The molecule has 0 aromatic rings. The van der Waals surface area contributed by atoms with Crippen LogP contribution in [0.5, 0.6) is 0 Å². The first-order valence-corrected chi connectivity index (χ1v) is 4.44. The highest BCUT2D eigenvalue weighted by molar-refractivity contribution is 9.24. The monoisotopic (exact) mass is 268 g/mol. The van der Waals surface area contributed by atoms with Gasteiger partial charge in [-0.05, 0) is 6.92 Å². The molecule has 2 N–H and O–H groups in total. The molecule has 52 valence electrons. The molecular formula is C2H6Br2O3S. The molecule has 0 radical (unpaired) electrons. The lowest BCUT2D eigenvalue weighted by atomic mass is 11.0. The SMILES string of the molecule is CC(Br)Br.O=S(O)O. The van der Waals surface area contributed by atoms with Gasteiger partial charge in [0.25, 0.3) is 11.4 Å². The molecule has 0 saturated heterocycles. The van der Waals surface area contributed by atoms with Crippen molar-refractivity contribution >= 4 is 43.2 Å². The number of halogens is 2. The van der Waals surface area contributed by atoms with E-state index in [0.29, 0.717) is 3.74 Å². The van der Waals surface area contributed by atoms with Crippen LogP contribution in [-0.4, -0.2) is 17.1 Å². The van der Waals surface area contributed by atoms with Gasteiger partial charge in [0.15, 0.2) is 0 Å². The third-order valence-corrected chi connectivity index (χ3v) is 0. The van der Waals surface area contributed by atoms with Gasteiger partial charge in [0.05, 0.1) is 3.74 Å². The minimum absolute atomic E-state index is 0.458. The highest BCUT2D eigenvalue weighted by Crippen LogP contribution is 2.03. The summed E-state index contributed by atoms with van der Waals surface area (Å²) in [6.07, 6.45) is 0. The predicted octanol–water partition coefficient (Wildman–Crippen LogP) is 1.80. The third-order valence-electron chi connectivity index (χ3n) is 0. The van der Waals surface area contributed by atoms with E-state index < -0.39 is 11.4 Å². The van der Waals surface area contributed by atoms with E-state index in [0.717, 1.165) is 0 Å². The Morgan fingerprint density at radius 2 is 1.50 bits per heavy atom. The van der Waals surface area contributed by atoms with Crippen LogP contribution in [0.4, 0.5) is 0 Å². The van der Waals surface area contributed by atoms with Gasteiger partial charge in [-0.3, -0.25) is 9.11 Å². The minimum Gasteiger partial charge on any atom is -0.284 e. The van der Waals surface area contributed by atoms with Gasteiger partial charge < -0.3 is 0 Å². The van der Waals surface area contributed by atoms with Gasteiger partial charge in [0.1, 0.15) is 0 Å². The van der Waals surface area contributed by atoms with Gasteiger partial charge in [-0.1, -0.05) is 31.9 Å². The van der Waals surface area contributed by atoms with Crippen LogP contribution in [0, 0.1) is 0 Å². The summed E-state index contributed by atoms with van der Waals surface area (Å²) in [6, 6.07) is 0. The summed E-state index contributed by atoms with van der Waals surface area (Å²) >= 11 is 3.76. The fourth-order valence-electron chi connectivity index (χ4n) is 0. The molecule has 0 bridgehead atoms. The van der Waals surface area contributed by atoms with E-state index in [-0.39, 0.29) is 0 Å². The Bertz CT molecular complexity index is 59.5. The zero-order valence-corrected chi connectivity index (χ0v) is 8.03. The second-order valence-electron chi connectivity index (χ2n) is 0.750. The van der Waals surface area contributed by atoms with Crippen LogP contribution in [0.25, 0.3) is 0 Å². The summed E-state index contributed by atoms with van der Waals surface area (Å²) in [6.45, 7) is 2.00. The van der Waals surface area contributed by atoms with E-state index in [2.05, 4.69) is 31.9 Å². The third kappa shape index (κ3) is 241. The molecule has 0 aliphatic heterocycles. The summed E-state index contributed by atoms with van der Waals surface area (Å²) in [4.78, 5) is 0. The average Bonchev–Trinajstić information content (AvgIpc) is 1.25. The first kappa shape index (κ1) is 11.8. The molecule has 6 heteroatoms. The van der Waals surface area contributed by atoms with E-state index >= 15 is 0 Å². The van der Waals surface area contributed by atoms with Gasteiger partial charge in [-0.25, -0.2) is 0 Å². The molecule has 0 aromatic carbocycles. The molecule has 0 unspecified atom stereocenters. The van der Waals surface area contributed by atoms with Gasteiger partial charge in [-0.2, -0.15) is 4.21 Å². The van der Waals surface area contributed by atoms with Crippen LogP contribution in [0.3, 0.4) is 0 Å². The van der Waals surface area contributed by atoms with Gasteiger partial charge >= 0.3 is 0 Å². The predicted molar refractivity (Wildman–Crippen MR) is 40.7 cm³/mol. The Labute approximate surface area is 67.2 Å². The maximum atomic E-state index is 8.67. The summed E-state index contributed by atoms with van der Waals surface area (Å²) in [5, 5.41) is 0. The highest BCUT2D eigenvalue weighted by atomic mass is 79.9. The summed E-state index contributed by atoms with van der Waals surface area (Å²) in [7, 11) is 0. The number of rotatable bonds is 0. The quantitative estimate of drug-likeness (QED) is 0.521. The maximum absolute atomic E-state index is 8.67. The average molecular weight is 270 g/mol. The molecular weight excluding hydrogens is 264 g/mol.